The third-order valence-electron chi connectivity index (χ3n) is 3.10. The lowest BCUT2D eigenvalue weighted by molar-refractivity contribution is 0.238. The number of halogens is 2. The number of hydrogen-bond acceptors (Lipinski definition) is 1. The van der Waals surface area contributed by atoms with Crippen LogP contribution < -0.4 is 0 Å². The van der Waals surface area contributed by atoms with Crippen molar-refractivity contribution in [1.29, 1.82) is 0 Å². The van der Waals surface area contributed by atoms with Crippen molar-refractivity contribution in [1.82, 2.24) is 4.90 Å². The molecule has 0 aromatic heterocycles. The molecule has 0 aliphatic carbocycles. The maximum absolute atomic E-state index is 13.1. The highest BCUT2D eigenvalue weighted by Crippen LogP contribution is 2.18. The highest BCUT2D eigenvalue weighted by atomic mass is 79.9. The molecule has 0 aliphatic rings. The number of hydrogen-bond donors (Lipinski definition) is 0. The highest BCUT2D eigenvalue weighted by Gasteiger charge is 2.09. The van der Waals surface area contributed by atoms with Crippen LogP contribution >= 0.6 is 15.9 Å². The van der Waals surface area contributed by atoms with Gasteiger partial charge in [-0.05, 0) is 46.1 Å². The van der Waals surface area contributed by atoms with Gasteiger partial charge < -0.3 is 0 Å². The van der Waals surface area contributed by atoms with Crippen LogP contribution in [0.2, 0.25) is 0 Å². The van der Waals surface area contributed by atoms with Gasteiger partial charge in [-0.15, -0.1) is 0 Å². The second-order valence-corrected chi connectivity index (χ2v) is 5.44. The summed E-state index contributed by atoms with van der Waals surface area (Å²) in [5, 5.41) is 0. The van der Waals surface area contributed by atoms with E-state index in [1.54, 1.807) is 0 Å². The van der Waals surface area contributed by atoms with Crippen LogP contribution in [0, 0.1) is 11.7 Å². The Morgan fingerprint density at radius 2 is 2.06 bits per heavy atom. The number of benzene rings is 1. The van der Waals surface area contributed by atoms with Gasteiger partial charge in [-0.2, -0.15) is 0 Å². The fourth-order valence-corrected chi connectivity index (χ4v) is 2.20. The second kappa shape index (κ2) is 7.12. The van der Waals surface area contributed by atoms with E-state index in [0.29, 0.717) is 10.4 Å². The molecule has 0 radical (unpaired) electrons. The molecular formula is C14H21BrFN. The van der Waals surface area contributed by atoms with E-state index in [2.05, 4.69) is 41.6 Å². The molecule has 1 atom stereocenters. The molecule has 1 aromatic rings. The first-order valence-corrected chi connectivity index (χ1v) is 7.02. The topological polar surface area (TPSA) is 3.24 Å². The van der Waals surface area contributed by atoms with Gasteiger partial charge in [0.1, 0.15) is 5.82 Å². The maximum Gasteiger partial charge on any atom is 0.137 e. The largest absolute Gasteiger partial charge is 0.299 e. The summed E-state index contributed by atoms with van der Waals surface area (Å²) in [6.45, 7) is 9.66. The van der Waals surface area contributed by atoms with Crippen LogP contribution in [0.5, 0.6) is 0 Å². The molecule has 0 spiro atoms. The molecule has 96 valence electrons. The lowest BCUT2D eigenvalue weighted by Crippen LogP contribution is -2.27. The molecule has 0 amide bonds. The normalized spacial score (nSPS) is 13.1. The lowest BCUT2D eigenvalue weighted by Gasteiger charge is -2.23. The molecule has 0 saturated heterocycles. The average molecular weight is 302 g/mol. The van der Waals surface area contributed by atoms with Crippen molar-refractivity contribution in [2.75, 3.05) is 13.1 Å². The van der Waals surface area contributed by atoms with E-state index >= 15 is 0 Å². The molecule has 0 fully saturated rings. The first-order valence-electron chi connectivity index (χ1n) is 6.23. The van der Waals surface area contributed by atoms with Gasteiger partial charge in [0.2, 0.25) is 0 Å². The van der Waals surface area contributed by atoms with E-state index in [1.165, 1.54) is 12.5 Å². The van der Waals surface area contributed by atoms with Crippen molar-refractivity contribution in [3.05, 3.63) is 34.1 Å². The SMILES string of the molecule is CCC(C)CN(CC)Cc1ccc(F)c(Br)c1. The quantitative estimate of drug-likeness (QED) is 0.750. The molecule has 3 heteroatoms. The zero-order chi connectivity index (χ0) is 12.8. The molecule has 0 aliphatic heterocycles. The Morgan fingerprint density at radius 3 is 2.59 bits per heavy atom. The van der Waals surface area contributed by atoms with Crippen molar-refractivity contribution in [3.63, 3.8) is 0 Å². The van der Waals surface area contributed by atoms with Gasteiger partial charge in [0.15, 0.2) is 0 Å². The number of nitrogens with zero attached hydrogens (tertiary/aromatic N) is 1. The Hall–Kier alpha value is -0.410. The molecule has 1 rings (SSSR count). The smallest absolute Gasteiger partial charge is 0.137 e. The molecule has 0 bridgehead atoms. The van der Waals surface area contributed by atoms with Crippen LogP contribution in [-0.2, 0) is 6.54 Å². The summed E-state index contributed by atoms with van der Waals surface area (Å²) in [5.41, 5.74) is 1.16. The lowest BCUT2D eigenvalue weighted by atomic mass is 10.1. The predicted molar refractivity (Wildman–Crippen MR) is 74.5 cm³/mol. The molecule has 0 N–H and O–H groups in total. The Balaban J connectivity index is 2.63. The molecule has 0 heterocycles. The highest BCUT2D eigenvalue weighted by molar-refractivity contribution is 9.10. The third-order valence-corrected chi connectivity index (χ3v) is 3.71. The molecular weight excluding hydrogens is 281 g/mol. The van der Waals surface area contributed by atoms with Gasteiger partial charge in [0, 0.05) is 13.1 Å². The Kier molecular flexibility index (Phi) is 6.14. The molecule has 17 heavy (non-hydrogen) atoms. The third kappa shape index (κ3) is 4.76. The first-order chi connectivity index (χ1) is 8.06. The zero-order valence-corrected chi connectivity index (χ0v) is 12.4. The monoisotopic (exact) mass is 301 g/mol. The van der Waals surface area contributed by atoms with Gasteiger partial charge in [-0.3, -0.25) is 4.90 Å². The van der Waals surface area contributed by atoms with Crippen molar-refractivity contribution >= 4 is 15.9 Å². The fourth-order valence-electron chi connectivity index (χ4n) is 1.77. The summed E-state index contributed by atoms with van der Waals surface area (Å²) in [6, 6.07) is 5.25. The van der Waals surface area contributed by atoms with Crippen LogP contribution in [0.25, 0.3) is 0 Å². The summed E-state index contributed by atoms with van der Waals surface area (Å²) >= 11 is 3.23. The Labute approximate surface area is 112 Å². The van der Waals surface area contributed by atoms with Crippen LogP contribution in [0.1, 0.15) is 32.8 Å². The Morgan fingerprint density at radius 1 is 1.35 bits per heavy atom. The summed E-state index contributed by atoms with van der Waals surface area (Å²) in [6.07, 6.45) is 1.20. The van der Waals surface area contributed by atoms with Gasteiger partial charge in [0.25, 0.3) is 0 Å². The standard InChI is InChI=1S/C14H21BrFN/c1-4-11(3)9-17(5-2)10-12-6-7-14(16)13(15)8-12/h6-8,11H,4-5,9-10H2,1-3H3. The fraction of sp³-hybridized carbons (Fsp3) is 0.571. The molecule has 1 aromatic carbocycles. The van der Waals surface area contributed by atoms with E-state index in [0.717, 1.165) is 25.2 Å². The first kappa shape index (κ1) is 14.7. The summed E-state index contributed by atoms with van der Waals surface area (Å²) in [7, 11) is 0. The molecule has 1 nitrogen and oxygen atoms in total. The van der Waals surface area contributed by atoms with Crippen molar-refractivity contribution in [2.45, 2.75) is 33.7 Å². The van der Waals surface area contributed by atoms with Crippen molar-refractivity contribution < 1.29 is 4.39 Å². The van der Waals surface area contributed by atoms with Crippen LogP contribution in [0.15, 0.2) is 22.7 Å². The maximum atomic E-state index is 13.1. The van der Waals surface area contributed by atoms with Gasteiger partial charge in [-0.25, -0.2) is 4.39 Å². The van der Waals surface area contributed by atoms with Crippen LogP contribution in [0.4, 0.5) is 4.39 Å². The predicted octanol–water partition coefficient (Wildman–Crippen LogP) is 4.46. The average Bonchev–Trinajstić information content (AvgIpc) is 2.32. The van der Waals surface area contributed by atoms with Crippen molar-refractivity contribution in [2.24, 2.45) is 5.92 Å². The van der Waals surface area contributed by atoms with Crippen LogP contribution in [-0.4, -0.2) is 18.0 Å². The van der Waals surface area contributed by atoms with Crippen LogP contribution in [0.3, 0.4) is 0 Å². The van der Waals surface area contributed by atoms with Crippen molar-refractivity contribution in [3.8, 4) is 0 Å². The summed E-state index contributed by atoms with van der Waals surface area (Å²) < 4.78 is 13.7. The van der Waals surface area contributed by atoms with E-state index in [9.17, 15) is 4.39 Å². The molecule has 1 unspecified atom stereocenters. The molecule has 0 saturated carbocycles. The Bertz CT molecular complexity index is 354. The van der Waals surface area contributed by atoms with E-state index in [4.69, 9.17) is 0 Å². The summed E-state index contributed by atoms with van der Waals surface area (Å²) in [5.74, 6) is 0.512. The minimum atomic E-state index is -0.196. The minimum Gasteiger partial charge on any atom is -0.299 e. The van der Waals surface area contributed by atoms with E-state index in [1.807, 2.05) is 12.1 Å². The minimum absolute atomic E-state index is 0.196. The number of rotatable bonds is 6. The van der Waals surface area contributed by atoms with E-state index in [-0.39, 0.29) is 5.82 Å². The van der Waals surface area contributed by atoms with Gasteiger partial charge >= 0.3 is 0 Å². The second-order valence-electron chi connectivity index (χ2n) is 4.59. The zero-order valence-electron chi connectivity index (χ0n) is 10.8. The van der Waals surface area contributed by atoms with Gasteiger partial charge in [0.05, 0.1) is 4.47 Å². The van der Waals surface area contributed by atoms with E-state index < -0.39 is 0 Å². The summed E-state index contributed by atoms with van der Waals surface area (Å²) in [4.78, 5) is 2.40. The van der Waals surface area contributed by atoms with Gasteiger partial charge in [-0.1, -0.05) is 33.3 Å².